The topological polar surface area (TPSA) is 71.1 Å². The van der Waals surface area contributed by atoms with Crippen LogP contribution in [0.4, 0.5) is 5.69 Å². The summed E-state index contributed by atoms with van der Waals surface area (Å²) in [4.78, 5) is 29.4. The molecule has 0 aliphatic carbocycles. The zero-order chi connectivity index (χ0) is 23.0. The summed E-state index contributed by atoms with van der Waals surface area (Å²) in [5.74, 6) is 0.328. The molecule has 2 amide bonds. The molecule has 2 aromatic rings. The van der Waals surface area contributed by atoms with E-state index in [4.69, 9.17) is 9.47 Å². The molecule has 1 atom stereocenters. The number of nitrogens with one attached hydrogen (secondary N) is 1. The van der Waals surface area contributed by atoms with Crippen molar-refractivity contribution in [2.75, 3.05) is 50.9 Å². The van der Waals surface area contributed by atoms with Gasteiger partial charge in [0.25, 0.3) is 0 Å². The second-order valence-electron chi connectivity index (χ2n) is 8.55. The Morgan fingerprint density at radius 1 is 1.12 bits per heavy atom. The number of ether oxygens (including phenoxy) is 2. The smallest absolute Gasteiger partial charge is 0.227 e. The normalized spacial score (nSPS) is 19.0. The predicted molar refractivity (Wildman–Crippen MR) is 127 cm³/mol. The molecule has 0 saturated carbocycles. The Hall–Kier alpha value is -2.90. The quantitative estimate of drug-likeness (QED) is 0.635. The molecule has 0 radical (unpaired) electrons. The van der Waals surface area contributed by atoms with E-state index in [1.54, 1.807) is 4.90 Å². The van der Waals surface area contributed by atoms with Gasteiger partial charge in [0.1, 0.15) is 12.4 Å². The average molecular weight is 452 g/mol. The maximum Gasteiger partial charge on any atom is 0.227 e. The summed E-state index contributed by atoms with van der Waals surface area (Å²) in [7, 11) is 0. The van der Waals surface area contributed by atoms with Gasteiger partial charge in [-0.05, 0) is 30.2 Å². The van der Waals surface area contributed by atoms with Gasteiger partial charge in [-0.15, -0.1) is 0 Å². The van der Waals surface area contributed by atoms with Gasteiger partial charge in [-0.2, -0.15) is 0 Å². The molecule has 2 heterocycles. The summed E-state index contributed by atoms with van der Waals surface area (Å²) >= 11 is 0. The number of para-hydroxylation sites is 1. The minimum absolute atomic E-state index is 0.00811. The van der Waals surface area contributed by atoms with Crippen LogP contribution in [0.5, 0.6) is 5.75 Å². The molecule has 33 heavy (non-hydrogen) atoms. The van der Waals surface area contributed by atoms with Crippen molar-refractivity contribution in [1.82, 2.24) is 10.2 Å². The molecule has 2 aromatic carbocycles. The van der Waals surface area contributed by atoms with Crippen LogP contribution >= 0.6 is 0 Å². The third kappa shape index (κ3) is 6.12. The van der Waals surface area contributed by atoms with Crippen LogP contribution < -0.4 is 15.0 Å². The van der Waals surface area contributed by atoms with E-state index >= 15 is 0 Å². The van der Waals surface area contributed by atoms with Gasteiger partial charge in [0.2, 0.25) is 11.8 Å². The minimum Gasteiger partial charge on any atom is -0.492 e. The van der Waals surface area contributed by atoms with E-state index in [1.165, 1.54) is 5.56 Å². The van der Waals surface area contributed by atoms with Gasteiger partial charge in [-0.3, -0.25) is 14.5 Å². The molecule has 2 fully saturated rings. The largest absolute Gasteiger partial charge is 0.492 e. The number of rotatable bonds is 9. The molecule has 176 valence electrons. The van der Waals surface area contributed by atoms with Crippen molar-refractivity contribution >= 4 is 17.5 Å². The first-order valence-corrected chi connectivity index (χ1v) is 11.8. The zero-order valence-corrected chi connectivity index (χ0v) is 19.3. The Morgan fingerprint density at radius 2 is 1.88 bits per heavy atom. The standard InChI is InChI=1S/C26H33N3O4/c1-2-20-7-9-23(10-8-20)29-19-22(17-25(29)30)26(31)27-18-21-5-3-4-6-24(21)33-16-13-28-11-14-32-15-12-28/h3-10,22H,2,11-19H2,1H3,(H,27,31). The lowest BCUT2D eigenvalue weighted by Crippen LogP contribution is -2.38. The number of morpholine rings is 1. The first kappa shape index (κ1) is 23.3. The van der Waals surface area contributed by atoms with E-state index in [0.717, 1.165) is 56.3 Å². The van der Waals surface area contributed by atoms with Gasteiger partial charge in [0.15, 0.2) is 0 Å². The van der Waals surface area contributed by atoms with Crippen LogP contribution in [0.1, 0.15) is 24.5 Å². The Kier molecular flexibility index (Phi) is 7.96. The van der Waals surface area contributed by atoms with Gasteiger partial charge in [-0.25, -0.2) is 0 Å². The van der Waals surface area contributed by atoms with Gasteiger partial charge < -0.3 is 19.7 Å². The maximum atomic E-state index is 12.8. The fraction of sp³-hybridized carbons (Fsp3) is 0.462. The third-order valence-electron chi connectivity index (χ3n) is 6.35. The van der Waals surface area contributed by atoms with E-state index in [2.05, 4.69) is 17.1 Å². The summed E-state index contributed by atoms with van der Waals surface area (Å²) in [5, 5.41) is 3.01. The predicted octanol–water partition coefficient (Wildman–Crippen LogP) is 2.63. The van der Waals surface area contributed by atoms with E-state index < -0.39 is 0 Å². The number of anilines is 1. The van der Waals surface area contributed by atoms with Crippen LogP contribution in [0.3, 0.4) is 0 Å². The van der Waals surface area contributed by atoms with Crippen LogP contribution in [0.25, 0.3) is 0 Å². The SMILES string of the molecule is CCc1ccc(N2CC(C(=O)NCc3ccccc3OCCN3CCOCC3)CC2=O)cc1. The van der Waals surface area contributed by atoms with Crippen molar-refractivity contribution in [2.24, 2.45) is 5.92 Å². The van der Waals surface area contributed by atoms with Gasteiger partial charge in [0, 0.05) is 50.4 Å². The number of carbonyl (C=O) groups excluding carboxylic acids is 2. The van der Waals surface area contributed by atoms with Crippen LogP contribution in [-0.2, 0) is 27.3 Å². The number of aryl methyl sites for hydroxylation is 1. The second kappa shape index (κ2) is 11.3. The van der Waals surface area contributed by atoms with Crippen molar-refractivity contribution in [3.8, 4) is 5.75 Å². The molecular weight excluding hydrogens is 418 g/mol. The lowest BCUT2D eigenvalue weighted by atomic mass is 10.1. The van der Waals surface area contributed by atoms with E-state index in [-0.39, 0.29) is 24.2 Å². The van der Waals surface area contributed by atoms with Crippen LogP contribution in [0.15, 0.2) is 48.5 Å². The van der Waals surface area contributed by atoms with Crippen LogP contribution in [0, 0.1) is 5.92 Å². The lowest BCUT2D eigenvalue weighted by Gasteiger charge is -2.26. The highest BCUT2D eigenvalue weighted by atomic mass is 16.5. The molecule has 0 bridgehead atoms. The first-order valence-electron chi connectivity index (χ1n) is 11.8. The van der Waals surface area contributed by atoms with Crippen molar-refractivity contribution < 1.29 is 19.1 Å². The van der Waals surface area contributed by atoms with Crippen LogP contribution in [0.2, 0.25) is 0 Å². The highest BCUT2D eigenvalue weighted by Gasteiger charge is 2.35. The molecule has 2 saturated heterocycles. The number of nitrogens with zero attached hydrogens (tertiary/aromatic N) is 2. The van der Waals surface area contributed by atoms with Crippen molar-refractivity contribution in [3.63, 3.8) is 0 Å². The molecule has 0 spiro atoms. The molecule has 1 unspecified atom stereocenters. The van der Waals surface area contributed by atoms with Crippen molar-refractivity contribution in [3.05, 3.63) is 59.7 Å². The number of carbonyl (C=O) groups is 2. The van der Waals surface area contributed by atoms with E-state index in [1.807, 2.05) is 48.5 Å². The van der Waals surface area contributed by atoms with Gasteiger partial charge in [0.05, 0.1) is 19.1 Å². The van der Waals surface area contributed by atoms with Crippen molar-refractivity contribution in [1.29, 1.82) is 0 Å². The van der Waals surface area contributed by atoms with Crippen LogP contribution in [-0.4, -0.2) is 62.7 Å². The fourth-order valence-corrected chi connectivity index (χ4v) is 4.27. The van der Waals surface area contributed by atoms with Gasteiger partial charge in [-0.1, -0.05) is 37.3 Å². The molecule has 2 aliphatic rings. The second-order valence-corrected chi connectivity index (χ2v) is 8.55. The monoisotopic (exact) mass is 451 g/mol. The summed E-state index contributed by atoms with van der Waals surface area (Å²) in [6.07, 6.45) is 1.19. The highest BCUT2D eigenvalue weighted by molar-refractivity contribution is 6.00. The number of hydrogen-bond acceptors (Lipinski definition) is 5. The minimum atomic E-state index is -0.349. The Balaban J connectivity index is 1.28. The fourth-order valence-electron chi connectivity index (χ4n) is 4.27. The van der Waals surface area contributed by atoms with Gasteiger partial charge >= 0.3 is 0 Å². The highest BCUT2D eigenvalue weighted by Crippen LogP contribution is 2.26. The first-order chi connectivity index (χ1) is 16.1. The number of benzene rings is 2. The van der Waals surface area contributed by atoms with E-state index in [0.29, 0.717) is 19.7 Å². The summed E-state index contributed by atoms with van der Waals surface area (Å²) in [6, 6.07) is 15.8. The van der Waals surface area contributed by atoms with Crippen molar-refractivity contribution in [2.45, 2.75) is 26.3 Å². The third-order valence-corrected chi connectivity index (χ3v) is 6.35. The zero-order valence-electron chi connectivity index (χ0n) is 19.3. The Bertz CT molecular complexity index is 941. The Labute approximate surface area is 195 Å². The lowest BCUT2D eigenvalue weighted by molar-refractivity contribution is -0.126. The maximum absolute atomic E-state index is 12.8. The van der Waals surface area contributed by atoms with E-state index in [9.17, 15) is 9.59 Å². The summed E-state index contributed by atoms with van der Waals surface area (Å²) < 4.78 is 11.4. The number of hydrogen-bond donors (Lipinski definition) is 1. The average Bonchev–Trinajstić information content (AvgIpc) is 3.25. The molecule has 0 aromatic heterocycles. The molecule has 1 N–H and O–H groups in total. The number of amides is 2. The molecule has 7 heteroatoms. The molecule has 4 rings (SSSR count). The molecule has 7 nitrogen and oxygen atoms in total. The molecular formula is C26H33N3O4. The summed E-state index contributed by atoms with van der Waals surface area (Å²) in [6.45, 7) is 7.74. The Morgan fingerprint density at radius 3 is 2.64 bits per heavy atom. The summed E-state index contributed by atoms with van der Waals surface area (Å²) in [5.41, 5.74) is 3.01. The molecule has 2 aliphatic heterocycles.